The minimum atomic E-state index is -3.79. The fourth-order valence-electron chi connectivity index (χ4n) is 7.26. The molecule has 0 aromatic heterocycles. The van der Waals surface area contributed by atoms with E-state index in [9.17, 15) is 18.3 Å². The molecule has 4 atom stereocenters. The van der Waals surface area contributed by atoms with Crippen LogP contribution in [0.25, 0.3) is 0 Å². The zero-order valence-corrected chi connectivity index (χ0v) is 27.9. The van der Waals surface area contributed by atoms with Crippen molar-refractivity contribution in [2.45, 2.75) is 95.3 Å². The second-order valence-corrected chi connectivity index (χ2v) is 15.8. The van der Waals surface area contributed by atoms with Crippen LogP contribution in [-0.2, 0) is 21.9 Å². The molecule has 0 unspecified atom stereocenters. The number of carbonyl (C=O) groups excluding carboxylic acids is 1. The molecule has 2 aliphatic carbocycles. The number of carbonyl (C=O) groups is 1. The first-order valence-electron chi connectivity index (χ1n) is 15.9. The van der Waals surface area contributed by atoms with Crippen LogP contribution in [0.15, 0.2) is 36.4 Å². The monoisotopic (exact) mass is 640 g/mol. The lowest BCUT2D eigenvalue weighted by Crippen LogP contribution is -2.52. The van der Waals surface area contributed by atoms with Crippen molar-refractivity contribution < 1.29 is 23.1 Å². The van der Waals surface area contributed by atoms with Gasteiger partial charge in [0.25, 0.3) is 5.91 Å². The Kier molecular flexibility index (Phi) is 9.61. The molecular formula is C35H45ClN2O5S. The van der Waals surface area contributed by atoms with Gasteiger partial charge >= 0.3 is 0 Å². The van der Waals surface area contributed by atoms with Gasteiger partial charge in [-0.3, -0.25) is 4.79 Å². The van der Waals surface area contributed by atoms with Crippen LogP contribution in [0.5, 0.6) is 5.75 Å². The van der Waals surface area contributed by atoms with Crippen LogP contribution < -0.4 is 14.4 Å². The topological polar surface area (TPSA) is 95.9 Å². The standard InChI is InChI=1S/C35H45ClN2O5S/c1-5-7-18-35(40,16-6-2)30-13-10-27(30)21-38-22-34(17-8-9-25-19-28(36)12-14-29(25)34)23-43-32-15-11-26(20-31(32)38)33(39)37-44(41,42)24(3)4/h11-12,14-15,19-20,24,27,30,40H,5,7-10,13,17-18,21-23H2,1-4H3,(H,37,39)/t27-,30+,34-,35+/m0/s1. The maximum Gasteiger partial charge on any atom is 0.264 e. The van der Waals surface area contributed by atoms with Crippen molar-refractivity contribution in [2.24, 2.45) is 11.8 Å². The van der Waals surface area contributed by atoms with Crippen LogP contribution >= 0.6 is 11.6 Å². The molecule has 0 saturated heterocycles. The predicted octanol–water partition coefficient (Wildman–Crippen LogP) is 6.25. The van der Waals surface area contributed by atoms with Crippen molar-refractivity contribution >= 4 is 33.2 Å². The molecule has 1 aliphatic heterocycles. The number of hydrogen-bond acceptors (Lipinski definition) is 6. The number of halogens is 1. The van der Waals surface area contributed by atoms with E-state index in [1.807, 2.05) is 6.07 Å². The molecule has 2 aromatic carbocycles. The molecular weight excluding hydrogens is 596 g/mol. The summed E-state index contributed by atoms with van der Waals surface area (Å²) in [6.45, 7) is 8.80. The molecule has 238 valence electrons. The Bertz CT molecular complexity index is 1560. The molecule has 1 amide bonds. The number of fused-ring (bicyclic) bond motifs is 3. The first-order valence-corrected chi connectivity index (χ1v) is 17.9. The van der Waals surface area contributed by atoms with Gasteiger partial charge in [-0.15, -0.1) is 5.92 Å². The van der Waals surface area contributed by atoms with Gasteiger partial charge in [0, 0.05) is 35.0 Å². The lowest BCUT2D eigenvalue weighted by molar-refractivity contribution is -0.0442. The van der Waals surface area contributed by atoms with E-state index in [1.165, 1.54) is 25.0 Å². The molecule has 9 heteroatoms. The van der Waals surface area contributed by atoms with Crippen LogP contribution in [-0.4, -0.2) is 50.0 Å². The molecule has 1 fully saturated rings. The SMILES string of the molecule is CC#C[C@@](O)(CCCC)[C@@H]1CC[C@H]1CN1C[C@@]2(CCCc3cc(Cl)ccc32)COc2ccc(C(=O)NS(=O)(=O)C(C)C)cc21. The van der Waals surface area contributed by atoms with Crippen LogP contribution in [0.4, 0.5) is 5.69 Å². The van der Waals surface area contributed by atoms with Crippen molar-refractivity contribution in [3.63, 3.8) is 0 Å². The summed E-state index contributed by atoms with van der Waals surface area (Å²) in [7, 11) is -3.79. The smallest absolute Gasteiger partial charge is 0.264 e. The highest BCUT2D eigenvalue weighted by Crippen LogP contribution is 2.48. The third kappa shape index (κ3) is 6.47. The summed E-state index contributed by atoms with van der Waals surface area (Å²) in [5, 5.41) is 11.7. The first-order chi connectivity index (χ1) is 20.9. The number of rotatable bonds is 9. The number of aliphatic hydroxyl groups is 1. The third-order valence-electron chi connectivity index (χ3n) is 9.89. The molecule has 5 rings (SSSR count). The normalized spacial score (nSPS) is 24.1. The molecule has 1 saturated carbocycles. The Hall–Kier alpha value is -2.73. The number of sulfonamides is 1. The van der Waals surface area contributed by atoms with E-state index < -0.39 is 26.8 Å². The number of aryl methyl sites for hydroxylation is 1. The van der Waals surface area contributed by atoms with Crippen molar-refractivity contribution in [3.8, 4) is 17.6 Å². The molecule has 3 aliphatic rings. The van der Waals surface area contributed by atoms with Crippen molar-refractivity contribution in [2.75, 3.05) is 24.6 Å². The largest absolute Gasteiger partial charge is 0.490 e. The molecule has 1 spiro atoms. The number of benzene rings is 2. The summed E-state index contributed by atoms with van der Waals surface area (Å²) in [5.41, 5.74) is 2.19. The Morgan fingerprint density at radius 3 is 2.73 bits per heavy atom. The zero-order chi connectivity index (χ0) is 31.7. The number of ether oxygens (including phenoxy) is 1. The fourth-order valence-corrected chi connectivity index (χ4v) is 8.07. The lowest BCUT2D eigenvalue weighted by Gasteiger charge is -2.48. The summed E-state index contributed by atoms with van der Waals surface area (Å²) >= 11 is 6.41. The maximum atomic E-state index is 13.2. The second-order valence-electron chi connectivity index (χ2n) is 13.2. The van der Waals surface area contributed by atoms with E-state index >= 15 is 0 Å². The molecule has 0 bridgehead atoms. The average Bonchev–Trinajstić information content (AvgIpc) is 3.11. The van der Waals surface area contributed by atoms with Gasteiger partial charge in [-0.1, -0.05) is 36.9 Å². The summed E-state index contributed by atoms with van der Waals surface area (Å²) in [5.74, 6) is 6.40. The summed E-state index contributed by atoms with van der Waals surface area (Å²) in [4.78, 5) is 15.5. The Balaban J connectivity index is 1.53. The van der Waals surface area contributed by atoms with E-state index in [2.05, 4.69) is 40.5 Å². The summed E-state index contributed by atoms with van der Waals surface area (Å²) in [6.07, 6.45) is 7.36. The van der Waals surface area contributed by atoms with Gasteiger partial charge in [-0.05, 0) is 113 Å². The van der Waals surface area contributed by atoms with E-state index in [4.69, 9.17) is 16.3 Å². The first kappa shape index (κ1) is 32.7. The zero-order valence-electron chi connectivity index (χ0n) is 26.3. The van der Waals surface area contributed by atoms with Gasteiger partial charge in [0.1, 0.15) is 11.4 Å². The quantitative estimate of drug-likeness (QED) is 0.315. The van der Waals surface area contributed by atoms with Gasteiger partial charge in [0.2, 0.25) is 10.0 Å². The average molecular weight is 641 g/mol. The maximum absolute atomic E-state index is 13.2. The number of anilines is 1. The van der Waals surface area contributed by atoms with Crippen molar-refractivity contribution in [3.05, 3.63) is 58.1 Å². The summed E-state index contributed by atoms with van der Waals surface area (Å²) in [6, 6.07) is 11.3. The minimum Gasteiger partial charge on any atom is -0.490 e. The lowest BCUT2D eigenvalue weighted by atomic mass is 9.63. The number of unbranched alkanes of at least 4 members (excludes halogenated alkanes) is 1. The third-order valence-corrected chi connectivity index (χ3v) is 11.8. The predicted molar refractivity (Wildman–Crippen MR) is 176 cm³/mol. The van der Waals surface area contributed by atoms with Gasteiger partial charge in [-0.2, -0.15) is 0 Å². The highest BCUT2D eigenvalue weighted by molar-refractivity contribution is 7.90. The van der Waals surface area contributed by atoms with E-state index in [0.717, 1.165) is 55.7 Å². The van der Waals surface area contributed by atoms with Gasteiger partial charge in [0.15, 0.2) is 0 Å². The van der Waals surface area contributed by atoms with E-state index in [-0.39, 0.29) is 22.8 Å². The molecule has 0 radical (unpaired) electrons. The van der Waals surface area contributed by atoms with Crippen LogP contribution in [0.1, 0.15) is 94.1 Å². The van der Waals surface area contributed by atoms with E-state index in [0.29, 0.717) is 31.9 Å². The molecule has 44 heavy (non-hydrogen) atoms. The highest BCUT2D eigenvalue weighted by atomic mass is 35.5. The number of nitrogens with zero attached hydrogens (tertiary/aromatic N) is 1. The molecule has 2 aromatic rings. The van der Waals surface area contributed by atoms with Crippen LogP contribution in [0, 0.1) is 23.7 Å². The van der Waals surface area contributed by atoms with Crippen molar-refractivity contribution in [1.82, 2.24) is 4.72 Å². The van der Waals surface area contributed by atoms with Gasteiger partial charge < -0.3 is 14.7 Å². The Labute approximate surface area is 267 Å². The molecule has 2 N–H and O–H groups in total. The van der Waals surface area contributed by atoms with E-state index in [1.54, 1.807) is 25.1 Å². The van der Waals surface area contributed by atoms with Crippen LogP contribution in [0.3, 0.4) is 0 Å². The highest BCUT2D eigenvalue weighted by Gasteiger charge is 2.48. The van der Waals surface area contributed by atoms with Gasteiger partial charge in [0.05, 0.1) is 17.5 Å². The number of nitrogens with one attached hydrogen (secondary N) is 1. The van der Waals surface area contributed by atoms with Crippen LogP contribution in [0.2, 0.25) is 5.02 Å². The Morgan fingerprint density at radius 1 is 1.25 bits per heavy atom. The molecule has 7 nitrogen and oxygen atoms in total. The van der Waals surface area contributed by atoms with Gasteiger partial charge in [-0.25, -0.2) is 13.1 Å². The second kappa shape index (κ2) is 12.9. The fraction of sp³-hybridized carbons (Fsp3) is 0.571. The Morgan fingerprint density at radius 2 is 2.05 bits per heavy atom. The molecule has 1 heterocycles. The van der Waals surface area contributed by atoms with Crippen molar-refractivity contribution in [1.29, 1.82) is 0 Å². The number of amides is 1. The minimum absolute atomic E-state index is 0.0465. The number of hydrogen-bond donors (Lipinski definition) is 2. The summed E-state index contributed by atoms with van der Waals surface area (Å²) < 4.78 is 33.8.